The van der Waals surface area contributed by atoms with Crippen LogP contribution in [0.1, 0.15) is 23.8 Å². The molecule has 0 saturated carbocycles. The lowest BCUT2D eigenvalue weighted by Crippen LogP contribution is -2.57. The fraction of sp³-hybridized carbons (Fsp3) is 0.417. The van der Waals surface area contributed by atoms with Crippen LogP contribution in [0.3, 0.4) is 0 Å². The summed E-state index contributed by atoms with van der Waals surface area (Å²) in [6.07, 6.45) is 0.583. The second-order valence-corrected chi connectivity index (χ2v) is 4.16. The van der Waals surface area contributed by atoms with Crippen LogP contribution in [0.25, 0.3) is 0 Å². The number of nitrogens with two attached hydrogens (primary N) is 1. The molecule has 1 aliphatic heterocycles. The summed E-state index contributed by atoms with van der Waals surface area (Å²) in [5.41, 5.74) is 5.84. The van der Waals surface area contributed by atoms with Crippen molar-refractivity contribution in [1.82, 2.24) is 15.2 Å². The quantitative estimate of drug-likeness (QED) is 0.772. The van der Waals surface area contributed by atoms with Crippen molar-refractivity contribution in [2.75, 3.05) is 18.8 Å². The number of pyridine rings is 1. The van der Waals surface area contributed by atoms with Crippen molar-refractivity contribution in [2.24, 2.45) is 0 Å². The van der Waals surface area contributed by atoms with Crippen LogP contribution in [0.2, 0.25) is 0 Å². The van der Waals surface area contributed by atoms with Crippen molar-refractivity contribution in [3.05, 3.63) is 23.9 Å². The number of carbonyl (C=O) groups excluding carboxylic acids is 2. The molecule has 0 spiro atoms. The molecule has 18 heavy (non-hydrogen) atoms. The Bertz CT molecular complexity index is 475. The predicted molar refractivity (Wildman–Crippen MR) is 66.8 cm³/mol. The highest BCUT2D eigenvalue weighted by atomic mass is 16.2. The van der Waals surface area contributed by atoms with Crippen molar-refractivity contribution < 1.29 is 9.59 Å². The van der Waals surface area contributed by atoms with Crippen LogP contribution in [0.15, 0.2) is 18.2 Å². The number of piperazine rings is 1. The Balaban J connectivity index is 2.24. The highest BCUT2D eigenvalue weighted by molar-refractivity contribution is 5.97. The van der Waals surface area contributed by atoms with Gasteiger partial charge in [-0.05, 0) is 18.6 Å². The van der Waals surface area contributed by atoms with E-state index in [0.717, 1.165) is 0 Å². The maximum Gasteiger partial charge on any atom is 0.273 e. The lowest BCUT2D eigenvalue weighted by Gasteiger charge is -2.34. The van der Waals surface area contributed by atoms with Crippen molar-refractivity contribution in [2.45, 2.75) is 19.4 Å². The standard InChI is InChI=1S/C12H16N4O2/c1-2-9-11(17)14-6-7-16(9)12(18)8-4-3-5-10(13)15-8/h3-5,9H,2,6-7H2,1H3,(H2,13,15)(H,14,17)/t9-/m0/s1. The van der Waals surface area contributed by atoms with Gasteiger partial charge in [-0.3, -0.25) is 9.59 Å². The van der Waals surface area contributed by atoms with Crippen LogP contribution in [-0.4, -0.2) is 40.8 Å². The molecule has 0 bridgehead atoms. The highest BCUT2D eigenvalue weighted by Crippen LogP contribution is 2.13. The number of nitrogens with one attached hydrogen (secondary N) is 1. The number of hydrogen-bond acceptors (Lipinski definition) is 4. The normalized spacial score (nSPS) is 19.5. The van der Waals surface area contributed by atoms with E-state index in [4.69, 9.17) is 5.73 Å². The van der Waals surface area contributed by atoms with Gasteiger partial charge in [0.05, 0.1) is 0 Å². The van der Waals surface area contributed by atoms with Gasteiger partial charge in [0.15, 0.2) is 0 Å². The minimum atomic E-state index is -0.422. The average Bonchev–Trinajstić information content (AvgIpc) is 2.37. The summed E-state index contributed by atoms with van der Waals surface area (Å²) in [5, 5.41) is 2.75. The van der Waals surface area contributed by atoms with Crippen molar-refractivity contribution in [1.29, 1.82) is 0 Å². The Kier molecular flexibility index (Phi) is 3.45. The van der Waals surface area contributed by atoms with Crippen LogP contribution in [0, 0.1) is 0 Å². The average molecular weight is 248 g/mol. The lowest BCUT2D eigenvalue weighted by molar-refractivity contribution is -0.127. The van der Waals surface area contributed by atoms with Gasteiger partial charge in [-0.15, -0.1) is 0 Å². The summed E-state index contributed by atoms with van der Waals surface area (Å²) in [7, 11) is 0. The third-order valence-corrected chi connectivity index (χ3v) is 2.97. The Hall–Kier alpha value is -2.11. The first kappa shape index (κ1) is 12.3. The van der Waals surface area contributed by atoms with Gasteiger partial charge in [-0.2, -0.15) is 0 Å². The Labute approximate surface area is 105 Å². The Morgan fingerprint density at radius 3 is 3.06 bits per heavy atom. The molecule has 1 aliphatic rings. The summed E-state index contributed by atoms with van der Waals surface area (Å²) < 4.78 is 0. The molecule has 0 radical (unpaired) electrons. The van der Waals surface area contributed by atoms with Gasteiger partial charge in [0.1, 0.15) is 17.6 Å². The van der Waals surface area contributed by atoms with Crippen LogP contribution >= 0.6 is 0 Å². The maximum atomic E-state index is 12.3. The summed E-state index contributed by atoms with van der Waals surface area (Å²) in [6.45, 7) is 2.85. The maximum absolute atomic E-state index is 12.3. The number of rotatable bonds is 2. The molecule has 0 aliphatic carbocycles. The summed E-state index contributed by atoms with van der Waals surface area (Å²) >= 11 is 0. The second kappa shape index (κ2) is 5.03. The predicted octanol–water partition coefficient (Wildman–Crippen LogP) is 0.0144. The molecular formula is C12H16N4O2. The third kappa shape index (κ3) is 2.27. The van der Waals surface area contributed by atoms with Crippen LogP contribution in [0.4, 0.5) is 5.82 Å². The molecule has 1 aromatic rings. The number of anilines is 1. The first-order valence-corrected chi connectivity index (χ1v) is 5.94. The van der Waals surface area contributed by atoms with E-state index in [2.05, 4.69) is 10.3 Å². The first-order valence-electron chi connectivity index (χ1n) is 5.94. The number of carbonyl (C=O) groups is 2. The van der Waals surface area contributed by atoms with Crippen LogP contribution in [0.5, 0.6) is 0 Å². The molecule has 1 aromatic heterocycles. The van der Waals surface area contributed by atoms with Gasteiger partial charge >= 0.3 is 0 Å². The van der Waals surface area contributed by atoms with Gasteiger partial charge in [-0.1, -0.05) is 13.0 Å². The third-order valence-electron chi connectivity index (χ3n) is 2.97. The monoisotopic (exact) mass is 248 g/mol. The van der Waals surface area contributed by atoms with Gasteiger partial charge in [0.25, 0.3) is 5.91 Å². The van der Waals surface area contributed by atoms with Gasteiger partial charge < -0.3 is 16.0 Å². The first-order chi connectivity index (χ1) is 8.63. The SMILES string of the molecule is CC[C@H]1C(=O)NCCN1C(=O)c1cccc(N)n1. The zero-order valence-electron chi connectivity index (χ0n) is 10.2. The molecule has 0 unspecified atom stereocenters. The Morgan fingerprint density at radius 1 is 1.61 bits per heavy atom. The molecular weight excluding hydrogens is 232 g/mol. The van der Waals surface area contributed by atoms with Crippen molar-refractivity contribution >= 4 is 17.6 Å². The zero-order valence-corrected chi connectivity index (χ0v) is 10.2. The van der Waals surface area contributed by atoms with Gasteiger partial charge in [0, 0.05) is 13.1 Å². The van der Waals surface area contributed by atoms with E-state index < -0.39 is 6.04 Å². The summed E-state index contributed by atoms with van der Waals surface area (Å²) in [4.78, 5) is 29.5. The van der Waals surface area contributed by atoms with E-state index in [1.54, 1.807) is 23.1 Å². The van der Waals surface area contributed by atoms with Crippen LogP contribution in [-0.2, 0) is 4.79 Å². The largest absolute Gasteiger partial charge is 0.384 e. The topological polar surface area (TPSA) is 88.3 Å². The molecule has 2 heterocycles. The molecule has 6 heteroatoms. The molecule has 2 amide bonds. The lowest BCUT2D eigenvalue weighted by atomic mass is 10.1. The second-order valence-electron chi connectivity index (χ2n) is 4.16. The van der Waals surface area contributed by atoms with E-state index in [-0.39, 0.29) is 17.5 Å². The van der Waals surface area contributed by atoms with Crippen LogP contribution < -0.4 is 11.1 Å². The van der Waals surface area contributed by atoms with E-state index in [1.807, 2.05) is 6.92 Å². The Morgan fingerprint density at radius 2 is 2.39 bits per heavy atom. The smallest absolute Gasteiger partial charge is 0.273 e. The number of nitrogens with zero attached hydrogens (tertiary/aromatic N) is 2. The van der Waals surface area contributed by atoms with Gasteiger partial charge in [-0.25, -0.2) is 4.98 Å². The molecule has 1 atom stereocenters. The molecule has 6 nitrogen and oxygen atoms in total. The molecule has 1 fully saturated rings. The minimum absolute atomic E-state index is 0.110. The van der Waals surface area contributed by atoms with E-state index in [9.17, 15) is 9.59 Å². The number of aromatic nitrogens is 1. The van der Waals surface area contributed by atoms with Crippen molar-refractivity contribution in [3.8, 4) is 0 Å². The van der Waals surface area contributed by atoms with E-state index in [1.165, 1.54) is 0 Å². The zero-order chi connectivity index (χ0) is 13.1. The fourth-order valence-electron chi connectivity index (χ4n) is 2.08. The molecule has 0 aromatic carbocycles. The number of hydrogen-bond donors (Lipinski definition) is 2. The molecule has 96 valence electrons. The summed E-state index contributed by atoms with van der Waals surface area (Å²) in [5.74, 6) is -0.0552. The minimum Gasteiger partial charge on any atom is -0.384 e. The molecule has 3 N–H and O–H groups in total. The van der Waals surface area contributed by atoms with Gasteiger partial charge in [0.2, 0.25) is 5.91 Å². The highest BCUT2D eigenvalue weighted by Gasteiger charge is 2.32. The number of nitrogen functional groups attached to an aromatic ring is 1. The molecule has 2 rings (SSSR count). The summed E-state index contributed by atoms with van der Waals surface area (Å²) in [6, 6.07) is 4.49. The van der Waals surface area contributed by atoms with E-state index in [0.29, 0.717) is 25.3 Å². The molecule has 1 saturated heterocycles. The van der Waals surface area contributed by atoms with E-state index >= 15 is 0 Å². The fourth-order valence-corrected chi connectivity index (χ4v) is 2.08. The van der Waals surface area contributed by atoms with Crippen molar-refractivity contribution in [3.63, 3.8) is 0 Å². The number of amides is 2.